The number of halogens is 3. The normalized spacial score (nSPS) is 14.6. The molecule has 0 radical (unpaired) electrons. The molecule has 2 aromatic heterocycles. The van der Waals surface area contributed by atoms with E-state index in [0.29, 0.717) is 11.6 Å². The number of aryl methyl sites for hydroxylation is 2. The molecule has 0 amide bonds. The topological polar surface area (TPSA) is 123 Å². The minimum absolute atomic E-state index is 0.111. The Balaban J connectivity index is 1.68. The molecule has 0 saturated carbocycles. The van der Waals surface area contributed by atoms with Gasteiger partial charge in [0.25, 0.3) is 0 Å². The van der Waals surface area contributed by atoms with Crippen molar-refractivity contribution in [3.05, 3.63) is 40.7 Å². The number of rotatable bonds is 11. The Labute approximate surface area is 237 Å². The van der Waals surface area contributed by atoms with Crippen molar-refractivity contribution in [1.29, 1.82) is 0 Å². The van der Waals surface area contributed by atoms with Crippen LogP contribution in [0.4, 0.5) is 31.9 Å². The van der Waals surface area contributed by atoms with Gasteiger partial charge >= 0.3 is 0 Å². The molecule has 0 aliphatic carbocycles. The van der Waals surface area contributed by atoms with E-state index in [0.717, 1.165) is 37.1 Å². The molecular weight excluding hydrogens is 564 g/mol. The lowest BCUT2D eigenvalue weighted by molar-refractivity contribution is 0.134. The second kappa shape index (κ2) is 12.6. The van der Waals surface area contributed by atoms with Crippen LogP contribution in [-0.4, -0.2) is 66.0 Å². The third-order valence-corrected chi connectivity index (χ3v) is 9.07. The lowest BCUT2D eigenvalue weighted by atomic mass is 9.87. The molecule has 1 aliphatic heterocycles. The highest BCUT2D eigenvalue weighted by Crippen LogP contribution is 2.38. The van der Waals surface area contributed by atoms with E-state index in [-0.39, 0.29) is 33.3 Å². The Hall–Kier alpha value is -3.03. The molecule has 0 bridgehead atoms. The molecule has 1 aromatic carbocycles. The number of ether oxygens (including phenoxy) is 1. The number of alkyl halides is 2. The minimum atomic E-state index is -3.70. The quantitative estimate of drug-likeness (QED) is 0.280. The van der Waals surface area contributed by atoms with Crippen LogP contribution < -0.4 is 20.7 Å². The molecule has 14 heteroatoms. The molecule has 3 N–H and O–H groups in total. The van der Waals surface area contributed by atoms with Crippen LogP contribution in [0, 0.1) is 6.92 Å². The smallest absolute Gasteiger partial charge is 0.229 e. The third kappa shape index (κ3) is 6.64. The molecular formula is C26H34ClF2N7O3S. The number of nitrogens with zero attached hydrogens (tertiary/aromatic N) is 4. The SMILES string of the molecule is Cc1cc(Nc2ncc(Cl)c(Nc3cn(C)nc3S(=O)(=O)C(C)C)n2)c(OC(CF)CF)cc1C1CCNCC1. The summed E-state index contributed by atoms with van der Waals surface area (Å²) < 4.78 is 59.6. The zero-order chi connectivity index (χ0) is 29.0. The third-order valence-electron chi connectivity index (χ3n) is 6.71. The summed E-state index contributed by atoms with van der Waals surface area (Å²) in [6.45, 7) is 4.94. The fourth-order valence-corrected chi connectivity index (χ4v) is 5.74. The molecule has 40 heavy (non-hydrogen) atoms. The molecule has 218 valence electrons. The minimum Gasteiger partial charge on any atom is -0.483 e. The van der Waals surface area contributed by atoms with Crippen LogP contribution in [0.1, 0.15) is 43.7 Å². The summed E-state index contributed by atoms with van der Waals surface area (Å²) in [4.78, 5) is 8.67. The van der Waals surface area contributed by atoms with Crippen molar-refractivity contribution < 1.29 is 21.9 Å². The summed E-state index contributed by atoms with van der Waals surface area (Å²) >= 11 is 6.35. The van der Waals surface area contributed by atoms with Gasteiger partial charge in [0.05, 0.1) is 22.8 Å². The van der Waals surface area contributed by atoms with Crippen molar-refractivity contribution in [3.63, 3.8) is 0 Å². The Morgan fingerprint density at radius 1 is 1.18 bits per heavy atom. The van der Waals surface area contributed by atoms with Crippen molar-refractivity contribution in [3.8, 4) is 5.75 Å². The number of nitrogens with one attached hydrogen (secondary N) is 3. The maximum Gasteiger partial charge on any atom is 0.229 e. The zero-order valence-corrected chi connectivity index (χ0v) is 24.4. The molecule has 3 aromatic rings. The lowest BCUT2D eigenvalue weighted by Gasteiger charge is -2.26. The molecule has 1 fully saturated rings. The van der Waals surface area contributed by atoms with Gasteiger partial charge in [-0.25, -0.2) is 22.2 Å². The largest absolute Gasteiger partial charge is 0.483 e. The molecule has 10 nitrogen and oxygen atoms in total. The van der Waals surface area contributed by atoms with Gasteiger partial charge in [0, 0.05) is 13.2 Å². The number of piperidine rings is 1. The van der Waals surface area contributed by atoms with Crippen LogP contribution in [-0.2, 0) is 16.9 Å². The zero-order valence-electron chi connectivity index (χ0n) is 22.8. The second-order valence-corrected chi connectivity index (χ2v) is 12.9. The highest BCUT2D eigenvalue weighted by molar-refractivity contribution is 7.92. The van der Waals surface area contributed by atoms with Crippen LogP contribution in [0.25, 0.3) is 0 Å². The molecule has 3 heterocycles. The van der Waals surface area contributed by atoms with E-state index < -0.39 is 34.5 Å². The van der Waals surface area contributed by atoms with Crippen molar-refractivity contribution in [2.24, 2.45) is 7.05 Å². The fourth-order valence-electron chi connectivity index (χ4n) is 4.51. The van der Waals surface area contributed by atoms with Gasteiger partial charge in [0.2, 0.25) is 20.8 Å². The molecule has 0 unspecified atom stereocenters. The van der Waals surface area contributed by atoms with E-state index in [1.165, 1.54) is 17.1 Å². The molecule has 0 atom stereocenters. The highest BCUT2D eigenvalue weighted by Gasteiger charge is 2.27. The maximum atomic E-state index is 13.4. The maximum absolute atomic E-state index is 13.4. The predicted octanol–water partition coefficient (Wildman–Crippen LogP) is 4.99. The second-order valence-electron chi connectivity index (χ2n) is 10.0. The van der Waals surface area contributed by atoms with Crippen LogP contribution in [0.15, 0.2) is 29.6 Å². The van der Waals surface area contributed by atoms with Gasteiger partial charge in [-0.1, -0.05) is 11.6 Å². The van der Waals surface area contributed by atoms with Crippen LogP contribution >= 0.6 is 11.6 Å². The van der Waals surface area contributed by atoms with Crippen molar-refractivity contribution in [1.82, 2.24) is 25.1 Å². The van der Waals surface area contributed by atoms with Crippen molar-refractivity contribution in [2.75, 3.05) is 37.1 Å². The first-order valence-corrected chi connectivity index (χ1v) is 14.9. The van der Waals surface area contributed by atoms with Gasteiger partial charge < -0.3 is 20.7 Å². The highest BCUT2D eigenvalue weighted by atomic mass is 35.5. The molecule has 0 spiro atoms. The van der Waals surface area contributed by atoms with Crippen LogP contribution in [0.2, 0.25) is 5.02 Å². The Morgan fingerprint density at radius 2 is 1.88 bits per heavy atom. The molecule has 1 aliphatic rings. The molecule has 1 saturated heterocycles. The first kappa shape index (κ1) is 29.9. The summed E-state index contributed by atoms with van der Waals surface area (Å²) in [7, 11) is -2.09. The van der Waals surface area contributed by atoms with E-state index in [9.17, 15) is 17.2 Å². The number of anilines is 4. The lowest BCUT2D eigenvalue weighted by Crippen LogP contribution is -2.27. The molecule has 4 rings (SSSR count). The Morgan fingerprint density at radius 3 is 2.52 bits per heavy atom. The fraction of sp³-hybridized carbons (Fsp3) is 0.500. The van der Waals surface area contributed by atoms with E-state index in [1.807, 2.05) is 19.1 Å². The predicted molar refractivity (Wildman–Crippen MR) is 152 cm³/mol. The number of hydrogen-bond donors (Lipinski definition) is 3. The van der Waals surface area contributed by atoms with Crippen LogP contribution in [0.3, 0.4) is 0 Å². The van der Waals surface area contributed by atoms with Crippen molar-refractivity contribution in [2.45, 2.75) is 55.9 Å². The number of aromatic nitrogens is 4. The van der Waals surface area contributed by atoms with E-state index >= 15 is 0 Å². The van der Waals surface area contributed by atoms with E-state index in [4.69, 9.17) is 16.3 Å². The van der Waals surface area contributed by atoms with Gasteiger partial charge in [-0.2, -0.15) is 10.1 Å². The Kier molecular flexibility index (Phi) is 9.47. The first-order chi connectivity index (χ1) is 19.0. The monoisotopic (exact) mass is 597 g/mol. The van der Waals surface area contributed by atoms with E-state index in [1.54, 1.807) is 20.9 Å². The average molecular weight is 598 g/mol. The number of sulfone groups is 1. The number of hydrogen-bond acceptors (Lipinski definition) is 9. The number of benzene rings is 1. The average Bonchev–Trinajstić information content (AvgIpc) is 3.31. The Bertz CT molecular complexity index is 1440. The van der Waals surface area contributed by atoms with Crippen LogP contribution in [0.5, 0.6) is 5.75 Å². The van der Waals surface area contributed by atoms with E-state index in [2.05, 4.69) is 31.0 Å². The van der Waals surface area contributed by atoms with Gasteiger partial charge in [-0.05, 0) is 75.9 Å². The van der Waals surface area contributed by atoms with Gasteiger partial charge in [-0.15, -0.1) is 0 Å². The summed E-state index contributed by atoms with van der Waals surface area (Å²) in [5, 5.41) is 12.8. The summed E-state index contributed by atoms with van der Waals surface area (Å²) in [6.07, 6.45) is 3.51. The summed E-state index contributed by atoms with van der Waals surface area (Å²) in [6, 6.07) is 3.68. The van der Waals surface area contributed by atoms with Gasteiger partial charge in [0.1, 0.15) is 24.1 Å². The summed E-state index contributed by atoms with van der Waals surface area (Å²) in [5.74, 6) is 0.832. The van der Waals surface area contributed by atoms with Gasteiger partial charge in [0.15, 0.2) is 11.9 Å². The summed E-state index contributed by atoms with van der Waals surface area (Å²) in [5.41, 5.74) is 2.70. The first-order valence-electron chi connectivity index (χ1n) is 13.0. The van der Waals surface area contributed by atoms with Crippen molar-refractivity contribution >= 4 is 44.6 Å². The standard InChI is InChI=1S/C26H34ClF2N7O3S/c1-15(2)40(37,38)25-22(14-36(4)35-25)32-24-20(27)13-31-26(34-24)33-21-9-16(3)19(17-5-7-30-8-6-17)10-23(21)39-18(11-28)12-29/h9-10,13-15,17-18,30H,5-8,11-12H2,1-4H3,(H2,31,32,33,34). The van der Waals surface area contributed by atoms with Gasteiger partial charge in [-0.3, -0.25) is 4.68 Å².